The van der Waals surface area contributed by atoms with Gasteiger partial charge in [-0.25, -0.2) is 4.79 Å². The molecule has 0 bridgehead atoms. The normalized spacial score (nSPS) is 17.2. The highest BCUT2D eigenvalue weighted by Gasteiger charge is 2.43. The van der Waals surface area contributed by atoms with Crippen LogP contribution in [0.3, 0.4) is 0 Å². The molecule has 4 rings (SSSR count). The van der Waals surface area contributed by atoms with Crippen LogP contribution in [0.25, 0.3) is 0 Å². The first-order valence-electron chi connectivity index (χ1n) is 10.6. The first-order valence-corrected chi connectivity index (χ1v) is 11.7. The lowest BCUT2D eigenvalue weighted by Gasteiger charge is -2.28. The van der Waals surface area contributed by atoms with E-state index in [9.17, 15) is 14.4 Å². The van der Waals surface area contributed by atoms with Crippen LogP contribution in [0.5, 0.6) is 0 Å². The van der Waals surface area contributed by atoms with E-state index >= 15 is 0 Å². The SMILES string of the molecule is O=C(O)Cc1cccc(NC(=O)[C@@H]2CSC(c3ccncc3)N2C(=O)OCc2ccccc2)c1. The number of carbonyl (C=O) groups is 3. The first-order chi connectivity index (χ1) is 16.5. The van der Waals surface area contributed by atoms with E-state index in [2.05, 4.69) is 10.3 Å². The molecular weight excluding hydrogens is 454 g/mol. The summed E-state index contributed by atoms with van der Waals surface area (Å²) in [6.45, 7) is 0.0927. The second-order valence-electron chi connectivity index (χ2n) is 7.69. The van der Waals surface area contributed by atoms with Crippen molar-refractivity contribution < 1.29 is 24.2 Å². The summed E-state index contributed by atoms with van der Waals surface area (Å²) in [7, 11) is 0. The minimum absolute atomic E-state index is 0.0927. The van der Waals surface area contributed by atoms with Gasteiger partial charge >= 0.3 is 12.1 Å². The van der Waals surface area contributed by atoms with Crippen molar-refractivity contribution in [3.05, 3.63) is 95.8 Å². The van der Waals surface area contributed by atoms with Crippen LogP contribution >= 0.6 is 11.8 Å². The Morgan fingerprint density at radius 3 is 2.50 bits per heavy atom. The molecule has 2 heterocycles. The summed E-state index contributed by atoms with van der Waals surface area (Å²) in [5, 5.41) is 11.4. The zero-order chi connectivity index (χ0) is 23.9. The number of benzene rings is 2. The number of aliphatic carboxylic acids is 1. The number of hydrogen-bond acceptors (Lipinski definition) is 6. The molecule has 1 aliphatic rings. The predicted molar refractivity (Wildman–Crippen MR) is 128 cm³/mol. The van der Waals surface area contributed by atoms with Crippen molar-refractivity contribution in [2.45, 2.75) is 24.4 Å². The monoisotopic (exact) mass is 477 g/mol. The maximum Gasteiger partial charge on any atom is 0.412 e. The van der Waals surface area contributed by atoms with Crippen molar-refractivity contribution in [3.8, 4) is 0 Å². The molecule has 0 spiro atoms. The Labute approximate surface area is 201 Å². The fourth-order valence-electron chi connectivity index (χ4n) is 3.67. The Morgan fingerprint density at radius 1 is 1.03 bits per heavy atom. The minimum Gasteiger partial charge on any atom is -0.481 e. The number of carboxylic acids is 1. The number of rotatable bonds is 7. The van der Waals surface area contributed by atoms with Gasteiger partial charge in [0.05, 0.1) is 6.42 Å². The maximum absolute atomic E-state index is 13.2. The number of hydrogen-bond donors (Lipinski definition) is 2. The van der Waals surface area contributed by atoms with Crippen LogP contribution in [0, 0.1) is 0 Å². The summed E-state index contributed by atoms with van der Waals surface area (Å²) in [5.41, 5.74) is 2.73. The molecule has 1 aliphatic heterocycles. The lowest BCUT2D eigenvalue weighted by molar-refractivity contribution is -0.136. The smallest absolute Gasteiger partial charge is 0.412 e. The summed E-state index contributed by atoms with van der Waals surface area (Å²) < 4.78 is 5.57. The van der Waals surface area contributed by atoms with E-state index in [0.717, 1.165) is 11.1 Å². The third-order valence-electron chi connectivity index (χ3n) is 5.26. The van der Waals surface area contributed by atoms with Crippen LogP contribution in [0.15, 0.2) is 79.1 Å². The third-order valence-corrected chi connectivity index (χ3v) is 6.58. The van der Waals surface area contributed by atoms with Gasteiger partial charge in [-0.15, -0.1) is 11.8 Å². The van der Waals surface area contributed by atoms with Gasteiger partial charge in [-0.2, -0.15) is 0 Å². The molecule has 9 heteroatoms. The number of aromatic nitrogens is 1. The highest BCUT2D eigenvalue weighted by atomic mass is 32.2. The molecule has 2 atom stereocenters. The van der Waals surface area contributed by atoms with Crippen molar-refractivity contribution in [2.75, 3.05) is 11.1 Å². The van der Waals surface area contributed by atoms with Crippen molar-refractivity contribution in [2.24, 2.45) is 0 Å². The molecule has 1 fully saturated rings. The van der Waals surface area contributed by atoms with Gasteiger partial charge in [0, 0.05) is 23.8 Å². The minimum atomic E-state index is -0.955. The van der Waals surface area contributed by atoms with E-state index in [1.54, 1.807) is 36.7 Å². The molecule has 2 amide bonds. The number of pyridine rings is 1. The summed E-state index contributed by atoms with van der Waals surface area (Å²) in [6, 6.07) is 18.9. The number of carboxylic acid groups (broad SMARTS) is 1. The number of anilines is 1. The highest BCUT2D eigenvalue weighted by molar-refractivity contribution is 7.99. The quantitative estimate of drug-likeness (QED) is 0.527. The van der Waals surface area contributed by atoms with E-state index in [1.165, 1.54) is 16.7 Å². The van der Waals surface area contributed by atoms with E-state index < -0.39 is 23.5 Å². The zero-order valence-electron chi connectivity index (χ0n) is 18.2. The van der Waals surface area contributed by atoms with Crippen molar-refractivity contribution in [1.29, 1.82) is 0 Å². The van der Waals surface area contributed by atoms with Crippen molar-refractivity contribution in [1.82, 2.24) is 9.88 Å². The fraction of sp³-hybridized carbons (Fsp3) is 0.200. The van der Waals surface area contributed by atoms with Crippen LogP contribution in [0.1, 0.15) is 22.1 Å². The molecule has 2 N–H and O–H groups in total. The number of nitrogens with zero attached hydrogens (tertiary/aromatic N) is 2. The number of amides is 2. The number of carbonyl (C=O) groups excluding carboxylic acids is 2. The number of thioether (sulfide) groups is 1. The molecule has 2 aromatic carbocycles. The van der Waals surface area contributed by atoms with Crippen LogP contribution in [-0.4, -0.2) is 44.8 Å². The first kappa shape index (κ1) is 23.3. The fourth-order valence-corrected chi connectivity index (χ4v) is 5.09. The molecule has 3 aromatic rings. The van der Waals surface area contributed by atoms with Gasteiger partial charge in [0.1, 0.15) is 18.0 Å². The number of ether oxygens (including phenoxy) is 1. The molecule has 0 radical (unpaired) electrons. The number of nitrogens with one attached hydrogen (secondary N) is 1. The Balaban J connectivity index is 1.53. The lowest BCUT2D eigenvalue weighted by atomic mass is 10.1. The van der Waals surface area contributed by atoms with Gasteiger partial charge < -0.3 is 15.2 Å². The summed E-state index contributed by atoms with van der Waals surface area (Å²) in [5.74, 6) is -0.940. The third kappa shape index (κ3) is 5.74. The second-order valence-corrected chi connectivity index (χ2v) is 8.80. The Kier molecular flexibility index (Phi) is 7.44. The van der Waals surface area contributed by atoms with Gasteiger partial charge in [0.15, 0.2) is 0 Å². The largest absolute Gasteiger partial charge is 0.481 e. The molecule has 34 heavy (non-hydrogen) atoms. The van der Waals surface area contributed by atoms with E-state index in [4.69, 9.17) is 9.84 Å². The van der Waals surface area contributed by atoms with Gasteiger partial charge in [-0.3, -0.25) is 19.5 Å². The Hall–Kier alpha value is -3.85. The molecule has 0 aliphatic carbocycles. The second kappa shape index (κ2) is 10.8. The van der Waals surface area contributed by atoms with Crippen LogP contribution < -0.4 is 5.32 Å². The standard InChI is InChI=1S/C25H23N3O5S/c29-22(30)14-18-7-4-8-20(13-18)27-23(31)21-16-34-24(19-9-11-26-12-10-19)28(21)25(32)33-15-17-5-2-1-3-6-17/h1-13,21,24H,14-16H2,(H,27,31)(H,29,30)/t21-,24?/m0/s1. The average molecular weight is 478 g/mol. The summed E-state index contributed by atoms with van der Waals surface area (Å²) in [4.78, 5) is 42.9. The average Bonchev–Trinajstić information content (AvgIpc) is 3.29. The lowest BCUT2D eigenvalue weighted by Crippen LogP contribution is -2.45. The zero-order valence-corrected chi connectivity index (χ0v) is 19.0. The van der Waals surface area contributed by atoms with Gasteiger partial charge in [0.25, 0.3) is 0 Å². The molecule has 174 valence electrons. The Bertz CT molecular complexity index is 1160. The van der Waals surface area contributed by atoms with Crippen molar-refractivity contribution in [3.63, 3.8) is 0 Å². The molecule has 1 unspecified atom stereocenters. The molecule has 1 aromatic heterocycles. The molecule has 8 nitrogen and oxygen atoms in total. The van der Waals surface area contributed by atoms with Gasteiger partial charge in [-0.05, 0) is 41.0 Å². The summed E-state index contributed by atoms with van der Waals surface area (Å²) in [6.07, 6.45) is 2.55. The highest BCUT2D eigenvalue weighted by Crippen LogP contribution is 2.42. The summed E-state index contributed by atoms with van der Waals surface area (Å²) >= 11 is 1.47. The predicted octanol–water partition coefficient (Wildman–Crippen LogP) is 4.10. The van der Waals surface area contributed by atoms with Crippen molar-refractivity contribution >= 4 is 35.4 Å². The van der Waals surface area contributed by atoms with Gasteiger partial charge in [0.2, 0.25) is 5.91 Å². The Morgan fingerprint density at radius 2 is 1.76 bits per heavy atom. The topological polar surface area (TPSA) is 109 Å². The van der Waals surface area contributed by atoms with Crippen LogP contribution in [0.2, 0.25) is 0 Å². The van der Waals surface area contributed by atoms with Crippen LogP contribution in [0.4, 0.5) is 10.5 Å². The van der Waals surface area contributed by atoms with E-state index in [0.29, 0.717) is 17.0 Å². The van der Waals surface area contributed by atoms with E-state index in [-0.39, 0.29) is 18.9 Å². The molecule has 1 saturated heterocycles. The molecular formula is C25H23N3O5S. The van der Waals surface area contributed by atoms with Crippen LogP contribution in [-0.2, 0) is 27.4 Å². The van der Waals surface area contributed by atoms with E-state index in [1.807, 2.05) is 42.5 Å². The van der Waals surface area contributed by atoms with Gasteiger partial charge in [-0.1, -0.05) is 42.5 Å². The maximum atomic E-state index is 13.2. The molecule has 0 saturated carbocycles.